The summed E-state index contributed by atoms with van der Waals surface area (Å²) in [5.41, 5.74) is 1.45. The molecule has 0 bridgehead atoms. The van der Waals surface area contributed by atoms with Crippen molar-refractivity contribution in [2.45, 2.75) is 103 Å². The van der Waals surface area contributed by atoms with Crippen molar-refractivity contribution in [3.8, 4) is 0 Å². The first-order chi connectivity index (χ1) is 11.1. The van der Waals surface area contributed by atoms with Gasteiger partial charge >= 0.3 is 0 Å². The van der Waals surface area contributed by atoms with Gasteiger partial charge in [-0.25, -0.2) is 0 Å². The minimum absolute atomic E-state index is 0.0165. The van der Waals surface area contributed by atoms with E-state index in [1.165, 1.54) is 5.57 Å². The van der Waals surface area contributed by atoms with E-state index in [0.29, 0.717) is 17.9 Å². The van der Waals surface area contributed by atoms with Gasteiger partial charge in [-0.1, -0.05) is 46.3 Å². The summed E-state index contributed by atoms with van der Waals surface area (Å²) in [6.07, 6.45) is 6.80. The zero-order chi connectivity index (χ0) is 19.7. The van der Waals surface area contributed by atoms with Crippen LogP contribution in [0.15, 0.2) is 11.6 Å². The predicted molar refractivity (Wildman–Crippen MR) is 117 cm³/mol. The van der Waals surface area contributed by atoms with Crippen LogP contribution in [0.3, 0.4) is 0 Å². The van der Waals surface area contributed by atoms with Crippen molar-refractivity contribution in [1.82, 2.24) is 0 Å². The molecule has 2 atom stereocenters. The predicted octanol–water partition coefficient (Wildman–Crippen LogP) is 6.71. The molecule has 0 aromatic rings. The van der Waals surface area contributed by atoms with Gasteiger partial charge in [-0.05, 0) is 67.9 Å². The molecule has 1 rings (SSSR count). The Morgan fingerprint density at radius 3 is 2.12 bits per heavy atom. The lowest BCUT2D eigenvalue weighted by atomic mass is 9.79. The van der Waals surface area contributed by atoms with Gasteiger partial charge in [-0.15, -0.1) is 11.6 Å². The third-order valence-electron chi connectivity index (χ3n) is 6.73. The largest absolute Gasteiger partial charge is 0.432 e. The minimum atomic E-state index is -2.19. The van der Waals surface area contributed by atoms with Crippen LogP contribution in [0.1, 0.15) is 60.3 Å². The van der Waals surface area contributed by atoms with E-state index in [4.69, 9.17) is 16.0 Å². The average molecular weight is 405 g/mol. The highest BCUT2D eigenvalue weighted by atomic mass is 35.5. The fourth-order valence-corrected chi connectivity index (χ4v) is 5.74. The molecule has 0 heterocycles. The number of allylic oxidation sites excluding steroid dienone is 1. The second-order valence-corrected chi connectivity index (χ2v) is 20.2. The summed E-state index contributed by atoms with van der Waals surface area (Å²) in [5, 5.41) is 0.248. The smallest absolute Gasteiger partial charge is 0.192 e. The maximum absolute atomic E-state index is 10.7. The van der Waals surface area contributed by atoms with E-state index in [1.807, 2.05) is 0 Å². The summed E-state index contributed by atoms with van der Waals surface area (Å²) in [4.78, 5) is 10.7. The van der Waals surface area contributed by atoms with E-state index in [9.17, 15) is 4.80 Å². The molecule has 1 saturated carbocycles. The Morgan fingerprint density at radius 1 is 1.12 bits per heavy atom. The van der Waals surface area contributed by atoms with E-state index >= 15 is 0 Å². The molecule has 0 amide bonds. The third-order valence-corrected chi connectivity index (χ3v) is 14.9. The van der Waals surface area contributed by atoms with E-state index in [0.717, 1.165) is 25.7 Å². The zero-order valence-electron chi connectivity index (χ0n) is 18.0. The van der Waals surface area contributed by atoms with Crippen LogP contribution < -0.4 is 0 Å². The molecule has 148 valence electrons. The number of hydrogen-bond donors (Lipinski definition) is 1. The second kappa shape index (κ2) is 8.18. The van der Waals surface area contributed by atoms with Gasteiger partial charge in [0.2, 0.25) is 0 Å². The molecule has 1 aliphatic carbocycles. The molecule has 5 heteroatoms. The Hall–Kier alpha value is 0.384. The summed E-state index contributed by atoms with van der Waals surface area (Å²) in [6, 6.07) is 0. The number of alkyl halides is 1. The second-order valence-electron chi connectivity index (χ2n) is 10.7. The molecule has 0 aliphatic heterocycles. The minimum Gasteiger partial charge on any atom is -0.432 e. The first-order valence-electron chi connectivity index (χ1n) is 9.73. The van der Waals surface area contributed by atoms with Gasteiger partial charge < -0.3 is 9.22 Å². The molecule has 2 nitrogen and oxygen atoms in total. The maximum atomic E-state index is 10.7. The zero-order valence-corrected chi connectivity index (χ0v) is 20.8. The Morgan fingerprint density at radius 2 is 1.68 bits per heavy atom. The Bertz CT molecular complexity index is 435. The molecule has 1 fully saturated rings. The van der Waals surface area contributed by atoms with Gasteiger partial charge in [0, 0.05) is 12.0 Å². The van der Waals surface area contributed by atoms with Crippen LogP contribution in [0.2, 0.25) is 36.3 Å². The highest BCUT2D eigenvalue weighted by molar-refractivity contribution is 6.74. The molecule has 0 aromatic carbocycles. The van der Waals surface area contributed by atoms with Crippen LogP contribution in [-0.4, -0.2) is 33.4 Å². The molecule has 0 saturated heterocycles. The summed E-state index contributed by atoms with van der Waals surface area (Å²) in [5.74, 6) is 1.16. The Labute approximate surface area is 163 Å². The van der Waals surface area contributed by atoms with Crippen LogP contribution in [-0.2, 0) is 4.43 Å². The lowest BCUT2D eigenvalue weighted by molar-refractivity contribution is 0.123. The van der Waals surface area contributed by atoms with Crippen molar-refractivity contribution in [2.24, 2.45) is 5.92 Å². The van der Waals surface area contributed by atoms with Gasteiger partial charge in [0.05, 0.1) is 0 Å². The van der Waals surface area contributed by atoms with E-state index < -0.39 is 16.6 Å². The fourth-order valence-electron chi connectivity index (χ4n) is 3.37. The van der Waals surface area contributed by atoms with E-state index in [1.54, 1.807) is 0 Å². The topological polar surface area (TPSA) is 29.5 Å². The SMILES string of the molecule is CC(C)(CC1C/C(=C\CCl)C[C@@H](O[Si](C)(C)C(C)(C)C)C1)[Si](C)(C)O. The summed E-state index contributed by atoms with van der Waals surface area (Å²) < 4.78 is 6.75. The molecular formula is C20H41ClO2Si2. The number of rotatable bonds is 6. The fraction of sp³-hybridized carbons (Fsp3) is 0.900. The first-order valence-corrected chi connectivity index (χ1v) is 16.1. The summed E-state index contributed by atoms with van der Waals surface area (Å²) >= 11 is 6.00. The molecule has 1 aliphatic rings. The van der Waals surface area contributed by atoms with Crippen molar-refractivity contribution < 1.29 is 9.22 Å². The van der Waals surface area contributed by atoms with Gasteiger partial charge in [0.25, 0.3) is 0 Å². The van der Waals surface area contributed by atoms with Crippen molar-refractivity contribution in [2.75, 3.05) is 5.88 Å². The number of halogens is 1. The molecule has 1 unspecified atom stereocenters. The number of hydrogen-bond acceptors (Lipinski definition) is 2. The molecular weight excluding hydrogens is 364 g/mol. The summed E-state index contributed by atoms with van der Waals surface area (Å²) in [7, 11) is -3.96. The molecule has 25 heavy (non-hydrogen) atoms. The lowest BCUT2D eigenvalue weighted by Gasteiger charge is -2.44. The van der Waals surface area contributed by atoms with Crippen LogP contribution in [0.4, 0.5) is 0 Å². The molecule has 0 radical (unpaired) electrons. The highest BCUT2D eigenvalue weighted by Crippen LogP contribution is 2.47. The maximum Gasteiger partial charge on any atom is 0.192 e. The van der Waals surface area contributed by atoms with Crippen LogP contribution in [0, 0.1) is 5.92 Å². The Balaban J connectivity index is 2.94. The van der Waals surface area contributed by atoms with Crippen LogP contribution in [0.25, 0.3) is 0 Å². The monoisotopic (exact) mass is 404 g/mol. The lowest BCUT2D eigenvalue weighted by Crippen LogP contribution is -2.46. The molecule has 0 spiro atoms. The normalized spacial score (nSPS) is 25.5. The quantitative estimate of drug-likeness (QED) is 0.302. The van der Waals surface area contributed by atoms with Crippen molar-refractivity contribution in [1.29, 1.82) is 0 Å². The van der Waals surface area contributed by atoms with Crippen molar-refractivity contribution in [3.05, 3.63) is 11.6 Å². The summed E-state index contributed by atoms with van der Waals surface area (Å²) in [6.45, 7) is 20.2. The van der Waals surface area contributed by atoms with Crippen LogP contribution in [0.5, 0.6) is 0 Å². The van der Waals surface area contributed by atoms with Gasteiger partial charge in [-0.3, -0.25) is 0 Å². The van der Waals surface area contributed by atoms with Gasteiger partial charge in [-0.2, -0.15) is 0 Å². The molecule has 0 aromatic heterocycles. The third kappa shape index (κ3) is 6.49. The standard InChI is InChI=1S/C20H41ClO2Si2/c1-19(2,3)25(8,9)23-18-13-16(10-11-21)12-17(14-18)15-20(4,5)24(6,7)22/h10,17-18,22H,11-15H2,1-9H3/b16-10+/t17?,18-/m1/s1. The van der Waals surface area contributed by atoms with E-state index in [2.05, 4.69) is 66.9 Å². The van der Waals surface area contributed by atoms with Crippen LogP contribution >= 0.6 is 11.6 Å². The Kier molecular flexibility index (Phi) is 7.66. The highest BCUT2D eigenvalue weighted by Gasteiger charge is 2.43. The van der Waals surface area contributed by atoms with Gasteiger partial charge in [0.15, 0.2) is 16.6 Å². The van der Waals surface area contributed by atoms with Gasteiger partial charge in [0.1, 0.15) is 0 Å². The average Bonchev–Trinajstić information content (AvgIpc) is 2.34. The van der Waals surface area contributed by atoms with Crippen molar-refractivity contribution in [3.63, 3.8) is 0 Å². The van der Waals surface area contributed by atoms with Crippen molar-refractivity contribution >= 4 is 28.2 Å². The van der Waals surface area contributed by atoms with E-state index in [-0.39, 0.29) is 10.1 Å². The molecule has 1 N–H and O–H groups in total. The first kappa shape index (κ1) is 23.4.